The van der Waals surface area contributed by atoms with Crippen LogP contribution in [0, 0.1) is 5.92 Å². The lowest BCUT2D eigenvalue weighted by Crippen LogP contribution is -2.43. The van der Waals surface area contributed by atoms with Crippen LogP contribution in [0.4, 0.5) is 4.79 Å². The Hall–Kier alpha value is -1.52. The van der Waals surface area contributed by atoms with E-state index in [1.807, 2.05) is 0 Å². The second-order valence-corrected chi connectivity index (χ2v) is 6.08. The molecule has 0 aromatic carbocycles. The van der Waals surface area contributed by atoms with Gasteiger partial charge in [0.25, 0.3) is 0 Å². The van der Waals surface area contributed by atoms with Crippen LogP contribution in [-0.2, 0) is 9.53 Å². The highest BCUT2D eigenvalue weighted by Crippen LogP contribution is 2.26. The maximum Gasteiger partial charge on any atom is 0.408 e. The molecule has 0 saturated carbocycles. The van der Waals surface area contributed by atoms with Crippen LogP contribution in [0.2, 0.25) is 0 Å². The van der Waals surface area contributed by atoms with E-state index in [9.17, 15) is 9.59 Å². The Morgan fingerprint density at radius 2 is 2.16 bits per heavy atom. The first-order valence-corrected chi connectivity index (χ1v) is 6.59. The molecule has 1 rings (SSSR count). The monoisotopic (exact) mass is 269 g/mol. The zero-order chi connectivity index (χ0) is 14.6. The third-order valence-electron chi connectivity index (χ3n) is 2.90. The number of carbonyl (C=O) groups excluding carboxylic acids is 1. The molecule has 0 radical (unpaired) electrons. The Balaban J connectivity index is 2.56. The Kier molecular flexibility index (Phi) is 4.97. The van der Waals surface area contributed by atoms with Crippen LogP contribution in [0.15, 0.2) is 11.6 Å². The number of aliphatic carboxylic acids is 1. The molecule has 0 heterocycles. The highest BCUT2D eigenvalue weighted by molar-refractivity contribution is 5.80. The zero-order valence-electron chi connectivity index (χ0n) is 12.0. The number of hydrogen-bond donors (Lipinski definition) is 2. The molecule has 0 spiro atoms. The summed E-state index contributed by atoms with van der Waals surface area (Å²) in [5.74, 6) is -0.544. The molecule has 2 N–H and O–H groups in total. The van der Waals surface area contributed by atoms with Crippen molar-refractivity contribution in [3.8, 4) is 0 Å². The van der Waals surface area contributed by atoms with Crippen LogP contribution >= 0.6 is 0 Å². The van der Waals surface area contributed by atoms with Crippen LogP contribution in [0.1, 0.15) is 47.0 Å². The summed E-state index contributed by atoms with van der Waals surface area (Å²) in [4.78, 5) is 22.8. The largest absolute Gasteiger partial charge is 0.480 e. The van der Waals surface area contributed by atoms with E-state index in [1.54, 1.807) is 20.8 Å². The third-order valence-corrected chi connectivity index (χ3v) is 2.90. The lowest BCUT2D eigenvalue weighted by atomic mass is 10.1. The van der Waals surface area contributed by atoms with Crippen LogP contribution in [0.25, 0.3) is 0 Å². The molecule has 5 heteroatoms. The number of allylic oxidation sites excluding steroid dienone is 1. The van der Waals surface area contributed by atoms with Gasteiger partial charge in [-0.15, -0.1) is 0 Å². The summed E-state index contributed by atoms with van der Waals surface area (Å²) in [6, 6.07) is -0.925. The van der Waals surface area contributed by atoms with Crippen LogP contribution in [-0.4, -0.2) is 28.8 Å². The number of carboxylic acid groups (broad SMARTS) is 1. The highest BCUT2D eigenvalue weighted by atomic mass is 16.6. The highest BCUT2D eigenvalue weighted by Gasteiger charge is 2.26. The summed E-state index contributed by atoms with van der Waals surface area (Å²) in [5, 5.41) is 11.6. The smallest absolute Gasteiger partial charge is 0.408 e. The first kappa shape index (κ1) is 15.5. The molecule has 0 aromatic rings. The number of rotatable bonds is 4. The van der Waals surface area contributed by atoms with E-state index >= 15 is 0 Å². The molecule has 1 amide bonds. The summed E-state index contributed by atoms with van der Waals surface area (Å²) < 4.78 is 5.07. The van der Waals surface area contributed by atoms with Gasteiger partial charge in [-0.25, -0.2) is 9.59 Å². The summed E-state index contributed by atoms with van der Waals surface area (Å²) in [7, 11) is 0. The fourth-order valence-electron chi connectivity index (χ4n) is 2.06. The van der Waals surface area contributed by atoms with Gasteiger partial charge in [0.05, 0.1) is 0 Å². The Morgan fingerprint density at radius 3 is 2.58 bits per heavy atom. The summed E-state index contributed by atoms with van der Waals surface area (Å²) >= 11 is 0. The summed E-state index contributed by atoms with van der Waals surface area (Å²) in [6.07, 6.45) is 3.70. The van der Waals surface area contributed by atoms with Crippen molar-refractivity contribution in [1.82, 2.24) is 5.32 Å². The SMILES string of the molecule is CC1C=C(CC(NC(=O)OC(C)(C)C)C(=O)O)CC1. The Labute approximate surface area is 114 Å². The van der Waals surface area contributed by atoms with Gasteiger partial charge in [0.1, 0.15) is 11.6 Å². The minimum absolute atomic E-state index is 0.346. The van der Waals surface area contributed by atoms with Crippen molar-refractivity contribution in [2.45, 2.75) is 58.6 Å². The van der Waals surface area contributed by atoms with Gasteiger partial charge in [0.15, 0.2) is 0 Å². The Bertz CT molecular complexity index is 381. The average Bonchev–Trinajstić information content (AvgIpc) is 2.60. The van der Waals surface area contributed by atoms with Crippen LogP contribution in [0.5, 0.6) is 0 Å². The standard InChI is InChI=1S/C14H23NO4/c1-9-5-6-10(7-9)8-11(12(16)17)15-13(18)19-14(2,3)4/h7,9,11H,5-6,8H2,1-4H3,(H,15,18)(H,16,17). The third kappa shape index (κ3) is 5.77. The summed E-state index contributed by atoms with van der Waals surface area (Å²) in [6.45, 7) is 7.32. The normalized spacial score (nSPS) is 20.6. The van der Waals surface area contributed by atoms with Crippen LogP contribution in [0.3, 0.4) is 0 Å². The van der Waals surface area contributed by atoms with Gasteiger partial charge in [-0.05, 0) is 46.0 Å². The Morgan fingerprint density at radius 1 is 1.53 bits per heavy atom. The fraction of sp³-hybridized carbons (Fsp3) is 0.714. The quantitative estimate of drug-likeness (QED) is 0.769. The number of ether oxygens (including phenoxy) is 1. The minimum Gasteiger partial charge on any atom is -0.480 e. The van der Waals surface area contributed by atoms with E-state index < -0.39 is 23.7 Å². The number of carbonyl (C=O) groups is 2. The average molecular weight is 269 g/mol. The first-order chi connectivity index (χ1) is 8.67. The molecule has 108 valence electrons. The molecule has 2 atom stereocenters. The molecule has 5 nitrogen and oxygen atoms in total. The van der Waals surface area contributed by atoms with E-state index in [0.29, 0.717) is 12.3 Å². The van der Waals surface area contributed by atoms with Crippen molar-refractivity contribution < 1.29 is 19.4 Å². The number of alkyl carbamates (subject to hydrolysis) is 1. The van der Waals surface area contributed by atoms with Crippen molar-refractivity contribution in [2.24, 2.45) is 5.92 Å². The molecule has 0 saturated heterocycles. The van der Waals surface area contributed by atoms with Crippen molar-refractivity contribution in [3.05, 3.63) is 11.6 Å². The number of nitrogens with one attached hydrogen (secondary N) is 1. The van der Waals surface area contributed by atoms with Crippen LogP contribution < -0.4 is 5.32 Å². The molecular weight excluding hydrogens is 246 g/mol. The van der Waals surface area contributed by atoms with Gasteiger partial charge in [0.2, 0.25) is 0 Å². The minimum atomic E-state index is -1.04. The van der Waals surface area contributed by atoms with Gasteiger partial charge < -0.3 is 15.2 Å². The molecular formula is C14H23NO4. The predicted octanol–water partition coefficient (Wildman–Crippen LogP) is 2.71. The molecule has 0 aliphatic heterocycles. The molecule has 2 unspecified atom stereocenters. The van der Waals surface area contributed by atoms with E-state index in [2.05, 4.69) is 18.3 Å². The van der Waals surface area contributed by atoms with Crippen molar-refractivity contribution in [3.63, 3.8) is 0 Å². The van der Waals surface area contributed by atoms with Gasteiger partial charge >= 0.3 is 12.1 Å². The maximum absolute atomic E-state index is 11.6. The molecule has 19 heavy (non-hydrogen) atoms. The molecule has 1 aliphatic carbocycles. The molecule has 1 aliphatic rings. The van der Waals surface area contributed by atoms with Crippen molar-refractivity contribution in [1.29, 1.82) is 0 Å². The molecule has 0 fully saturated rings. The fourth-order valence-corrected chi connectivity index (χ4v) is 2.06. The zero-order valence-corrected chi connectivity index (χ0v) is 12.0. The molecule has 0 aromatic heterocycles. The van der Waals surface area contributed by atoms with E-state index in [1.165, 1.54) is 0 Å². The topological polar surface area (TPSA) is 75.6 Å². The predicted molar refractivity (Wildman–Crippen MR) is 71.9 cm³/mol. The van der Waals surface area contributed by atoms with Gasteiger partial charge in [-0.3, -0.25) is 0 Å². The lowest BCUT2D eigenvalue weighted by molar-refractivity contribution is -0.139. The first-order valence-electron chi connectivity index (χ1n) is 6.59. The summed E-state index contributed by atoms with van der Waals surface area (Å²) in [5.41, 5.74) is 0.463. The lowest BCUT2D eigenvalue weighted by Gasteiger charge is -2.22. The number of amides is 1. The second-order valence-electron chi connectivity index (χ2n) is 6.08. The van der Waals surface area contributed by atoms with Gasteiger partial charge in [-0.2, -0.15) is 0 Å². The maximum atomic E-state index is 11.6. The van der Waals surface area contributed by atoms with Crippen molar-refractivity contribution in [2.75, 3.05) is 0 Å². The number of hydrogen-bond acceptors (Lipinski definition) is 3. The number of carboxylic acids is 1. The van der Waals surface area contributed by atoms with E-state index in [-0.39, 0.29) is 0 Å². The molecule has 0 bridgehead atoms. The second kappa shape index (κ2) is 6.08. The van der Waals surface area contributed by atoms with Gasteiger partial charge in [0, 0.05) is 0 Å². The van der Waals surface area contributed by atoms with Gasteiger partial charge in [-0.1, -0.05) is 18.6 Å². The van der Waals surface area contributed by atoms with E-state index in [4.69, 9.17) is 9.84 Å². The van der Waals surface area contributed by atoms with E-state index in [0.717, 1.165) is 18.4 Å². The van der Waals surface area contributed by atoms with Crippen molar-refractivity contribution >= 4 is 12.1 Å².